The lowest BCUT2D eigenvalue weighted by Gasteiger charge is -2.35. The summed E-state index contributed by atoms with van der Waals surface area (Å²) in [6.45, 7) is 5.92. The molecule has 0 radical (unpaired) electrons. The molecule has 2 heterocycles. The zero-order valence-corrected chi connectivity index (χ0v) is 18.4. The highest BCUT2D eigenvalue weighted by Crippen LogP contribution is 2.21. The largest absolute Gasteiger partial charge is 0.372 e. The van der Waals surface area contributed by atoms with Crippen LogP contribution in [0.1, 0.15) is 34.8 Å². The maximum Gasteiger partial charge on any atom is 0.315 e. The third kappa shape index (κ3) is 5.39. The number of para-hydroxylation sites is 1. The number of nitrogens with one attached hydrogen (secondary N) is 2. The van der Waals surface area contributed by atoms with Gasteiger partial charge < -0.3 is 20.3 Å². The van der Waals surface area contributed by atoms with Crippen LogP contribution in [0.15, 0.2) is 48.5 Å². The van der Waals surface area contributed by atoms with Gasteiger partial charge in [-0.2, -0.15) is 0 Å². The minimum atomic E-state index is -0.254. The third-order valence-electron chi connectivity index (χ3n) is 5.10. The number of aromatic nitrogens is 1. The van der Waals surface area contributed by atoms with E-state index >= 15 is 0 Å². The molecule has 2 atom stereocenters. The Balaban J connectivity index is 1.26. The van der Waals surface area contributed by atoms with E-state index in [1.165, 1.54) is 0 Å². The Morgan fingerprint density at radius 1 is 1.03 bits per heavy atom. The molecule has 1 fully saturated rings. The standard InChI is InChI=1S/C23H26N4O3S/c1-15-13-27(14-16(2)30-15)22(28)18-9-7-17(8-10-18)11-24-23(29)25-12-21-26-19-5-3-4-6-20(19)31-21/h3-10,15-16H,11-14H2,1-2H3,(H2,24,25,29). The summed E-state index contributed by atoms with van der Waals surface area (Å²) in [5.74, 6) is 0.00934. The summed E-state index contributed by atoms with van der Waals surface area (Å²) in [5.41, 5.74) is 2.51. The van der Waals surface area contributed by atoms with Crippen LogP contribution >= 0.6 is 11.3 Å². The van der Waals surface area contributed by atoms with E-state index in [-0.39, 0.29) is 24.1 Å². The maximum absolute atomic E-state index is 12.7. The van der Waals surface area contributed by atoms with Crippen LogP contribution in [0.2, 0.25) is 0 Å². The van der Waals surface area contributed by atoms with Crippen LogP contribution in [0.4, 0.5) is 4.79 Å². The number of carbonyl (C=O) groups is 2. The van der Waals surface area contributed by atoms with Crippen LogP contribution in [-0.4, -0.2) is 47.1 Å². The Labute approximate surface area is 185 Å². The number of hydrogen-bond acceptors (Lipinski definition) is 5. The van der Waals surface area contributed by atoms with Crippen molar-refractivity contribution in [2.45, 2.75) is 39.1 Å². The molecule has 0 spiro atoms. The SMILES string of the molecule is CC1CN(C(=O)c2ccc(CNC(=O)NCc3nc4ccccc4s3)cc2)CC(C)O1. The molecule has 0 aliphatic carbocycles. The summed E-state index contributed by atoms with van der Waals surface area (Å²) in [7, 11) is 0. The van der Waals surface area contributed by atoms with E-state index in [1.807, 2.05) is 67.3 Å². The average Bonchev–Trinajstić information content (AvgIpc) is 3.18. The first kappa shape index (κ1) is 21.3. The average molecular weight is 439 g/mol. The smallest absolute Gasteiger partial charge is 0.315 e. The fourth-order valence-corrected chi connectivity index (χ4v) is 4.59. The van der Waals surface area contributed by atoms with Gasteiger partial charge in [-0.15, -0.1) is 11.3 Å². The van der Waals surface area contributed by atoms with E-state index in [0.29, 0.717) is 31.7 Å². The first-order valence-corrected chi connectivity index (χ1v) is 11.2. The van der Waals surface area contributed by atoms with Crippen molar-refractivity contribution in [3.05, 3.63) is 64.7 Å². The molecule has 2 aromatic carbocycles. The van der Waals surface area contributed by atoms with Crippen molar-refractivity contribution < 1.29 is 14.3 Å². The van der Waals surface area contributed by atoms with Crippen molar-refractivity contribution in [3.8, 4) is 0 Å². The van der Waals surface area contributed by atoms with E-state index < -0.39 is 0 Å². The van der Waals surface area contributed by atoms with Gasteiger partial charge in [0.15, 0.2) is 0 Å². The number of rotatable bonds is 5. The summed E-state index contributed by atoms with van der Waals surface area (Å²) in [4.78, 5) is 31.2. The fourth-order valence-electron chi connectivity index (χ4n) is 3.69. The first-order chi connectivity index (χ1) is 15.0. The molecule has 0 saturated carbocycles. The van der Waals surface area contributed by atoms with Gasteiger partial charge in [-0.05, 0) is 43.7 Å². The first-order valence-electron chi connectivity index (χ1n) is 10.4. The minimum absolute atomic E-state index is 0.00934. The van der Waals surface area contributed by atoms with Crippen molar-refractivity contribution in [2.24, 2.45) is 0 Å². The van der Waals surface area contributed by atoms with E-state index in [1.54, 1.807) is 11.3 Å². The number of nitrogens with zero attached hydrogens (tertiary/aromatic N) is 2. The van der Waals surface area contributed by atoms with Gasteiger partial charge in [0.2, 0.25) is 0 Å². The normalized spacial score (nSPS) is 18.7. The van der Waals surface area contributed by atoms with Crippen LogP contribution in [0, 0.1) is 0 Å². The Bertz CT molecular complexity index is 1020. The number of benzene rings is 2. The molecule has 4 rings (SSSR count). The van der Waals surface area contributed by atoms with Crippen LogP contribution in [0.5, 0.6) is 0 Å². The van der Waals surface area contributed by atoms with Crippen molar-refractivity contribution in [1.29, 1.82) is 0 Å². The topological polar surface area (TPSA) is 83.6 Å². The minimum Gasteiger partial charge on any atom is -0.372 e. The lowest BCUT2D eigenvalue weighted by atomic mass is 10.1. The second kappa shape index (κ2) is 9.45. The van der Waals surface area contributed by atoms with Crippen molar-refractivity contribution in [2.75, 3.05) is 13.1 Å². The molecule has 31 heavy (non-hydrogen) atoms. The number of morpholine rings is 1. The molecule has 1 aromatic heterocycles. The van der Waals surface area contributed by atoms with Gasteiger partial charge in [-0.1, -0.05) is 24.3 Å². The molecular formula is C23H26N4O3S. The van der Waals surface area contributed by atoms with E-state index in [0.717, 1.165) is 20.8 Å². The Morgan fingerprint density at radius 3 is 2.42 bits per heavy atom. The maximum atomic E-state index is 12.7. The van der Waals surface area contributed by atoms with Gasteiger partial charge in [-0.25, -0.2) is 9.78 Å². The zero-order valence-electron chi connectivity index (χ0n) is 17.6. The number of ether oxygens (including phenoxy) is 1. The zero-order chi connectivity index (χ0) is 21.8. The van der Waals surface area contributed by atoms with Crippen LogP contribution in [0.25, 0.3) is 10.2 Å². The Hall–Kier alpha value is -2.97. The highest BCUT2D eigenvalue weighted by atomic mass is 32.1. The molecule has 1 aliphatic rings. The molecule has 3 amide bonds. The molecule has 0 bridgehead atoms. The molecule has 1 aliphatic heterocycles. The van der Waals surface area contributed by atoms with Crippen LogP contribution in [-0.2, 0) is 17.8 Å². The van der Waals surface area contributed by atoms with Crippen molar-refractivity contribution in [3.63, 3.8) is 0 Å². The number of thiazole rings is 1. The predicted molar refractivity (Wildman–Crippen MR) is 121 cm³/mol. The quantitative estimate of drug-likeness (QED) is 0.638. The summed E-state index contributed by atoms with van der Waals surface area (Å²) in [5, 5.41) is 6.54. The lowest BCUT2D eigenvalue weighted by molar-refractivity contribution is -0.0586. The van der Waals surface area contributed by atoms with Gasteiger partial charge in [0.1, 0.15) is 5.01 Å². The van der Waals surface area contributed by atoms with Gasteiger partial charge >= 0.3 is 6.03 Å². The van der Waals surface area contributed by atoms with E-state index in [9.17, 15) is 9.59 Å². The third-order valence-corrected chi connectivity index (χ3v) is 6.14. The Morgan fingerprint density at radius 2 is 1.71 bits per heavy atom. The molecule has 3 aromatic rings. The number of urea groups is 1. The second-order valence-corrected chi connectivity index (χ2v) is 8.89. The van der Waals surface area contributed by atoms with Crippen LogP contribution in [0.3, 0.4) is 0 Å². The molecule has 162 valence electrons. The summed E-state index contributed by atoms with van der Waals surface area (Å²) in [6.07, 6.45) is 0.0786. The number of fused-ring (bicyclic) bond motifs is 1. The fraction of sp³-hybridized carbons (Fsp3) is 0.348. The molecule has 1 saturated heterocycles. The monoisotopic (exact) mass is 438 g/mol. The second-order valence-electron chi connectivity index (χ2n) is 7.78. The van der Waals surface area contributed by atoms with Gasteiger partial charge in [0.05, 0.1) is 29.0 Å². The van der Waals surface area contributed by atoms with Crippen LogP contribution < -0.4 is 10.6 Å². The highest BCUT2D eigenvalue weighted by molar-refractivity contribution is 7.18. The summed E-state index contributed by atoms with van der Waals surface area (Å²) in [6, 6.07) is 15.0. The van der Waals surface area contributed by atoms with Gasteiger partial charge in [0.25, 0.3) is 5.91 Å². The van der Waals surface area contributed by atoms with E-state index in [4.69, 9.17) is 4.74 Å². The van der Waals surface area contributed by atoms with Crippen molar-refractivity contribution >= 4 is 33.5 Å². The molecule has 7 nitrogen and oxygen atoms in total. The number of amides is 3. The summed E-state index contributed by atoms with van der Waals surface area (Å²) < 4.78 is 6.80. The molecule has 8 heteroatoms. The molecule has 2 N–H and O–H groups in total. The Kier molecular flexibility index (Phi) is 6.48. The number of hydrogen-bond donors (Lipinski definition) is 2. The molecular weight excluding hydrogens is 412 g/mol. The highest BCUT2D eigenvalue weighted by Gasteiger charge is 2.26. The van der Waals surface area contributed by atoms with Crippen molar-refractivity contribution in [1.82, 2.24) is 20.5 Å². The molecule has 2 unspecified atom stereocenters. The van der Waals surface area contributed by atoms with E-state index in [2.05, 4.69) is 15.6 Å². The van der Waals surface area contributed by atoms with Gasteiger partial charge in [0, 0.05) is 25.2 Å². The lowest BCUT2D eigenvalue weighted by Crippen LogP contribution is -2.48. The van der Waals surface area contributed by atoms with Gasteiger partial charge in [-0.3, -0.25) is 4.79 Å². The summed E-state index contributed by atoms with van der Waals surface area (Å²) >= 11 is 1.57. The number of carbonyl (C=O) groups excluding carboxylic acids is 2. The predicted octanol–water partition coefficient (Wildman–Crippen LogP) is 3.55.